The molecule has 0 aliphatic carbocycles. The molecule has 0 spiro atoms. The first-order chi connectivity index (χ1) is 14.5. The van der Waals surface area contributed by atoms with Crippen molar-refractivity contribution in [3.05, 3.63) is 0 Å². The standard InChI is InChI=1S/C17H36.C8H17FO3S/c1-3-5-7-9-11-13-15-17-16-14-12-10-8-6-4-2;9-7-5-3-1-2-4-6-8-13(10,11)12/h3-17H2,1-2H3;1-8H2,(H,10,11,12). The Morgan fingerprint density at radius 3 is 1.03 bits per heavy atom. The number of halogens is 1. The molecule has 0 rings (SSSR count). The molecule has 0 saturated heterocycles. The first kappa shape index (κ1) is 32.0. The number of hydrogen-bond donors (Lipinski definition) is 1. The van der Waals surface area contributed by atoms with Crippen LogP contribution in [0.2, 0.25) is 0 Å². The minimum Gasteiger partial charge on any atom is -0.286 e. The van der Waals surface area contributed by atoms with Crippen molar-refractivity contribution in [2.45, 2.75) is 149 Å². The van der Waals surface area contributed by atoms with Gasteiger partial charge in [-0.3, -0.25) is 8.94 Å². The molecule has 0 aliphatic rings. The summed E-state index contributed by atoms with van der Waals surface area (Å²) in [7, 11) is -3.78. The van der Waals surface area contributed by atoms with Gasteiger partial charge in [0.2, 0.25) is 0 Å². The van der Waals surface area contributed by atoms with Gasteiger partial charge in [0.15, 0.2) is 0 Å². The average Bonchev–Trinajstić information content (AvgIpc) is 2.70. The van der Waals surface area contributed by atoms with E-state index in [1.54, 1.807) is 0 Å². The Labute approximate surface area is 188 Å². The summed E-state index contributed by atoms with van der Waals surface area (Å²) in [6.07, 6.45) is 26.5. The lowest BCUT2D eigenvalue weighted by Gasteiger charge is -2.02. The molecule has 0 radical (unpaired) electrons. The van der Waals surface area contributed by atoms with E-state index in [0.29, 0.717) is 12.8 Å². The fourth-order valence-electron chi connectivity index (χ4n) is 3.53. The molecule has 0 heterocycles. The Morgan fingerprint density at radius 1 is 0.500 bits per heavy atom. The van der Waals surface area contributed by atoms with Crippen molar-refractivity contribution < 1.29 is 17.4 Å². The molecule has 0 unspecified atom stereocenters. The second-order valence-electron chi connectivity index (χ2n) is 8.69. The van der Waals surface area contributed by atoms with E-state index in [1.807, 2.05) is 0 Å². The smallest absolute Gasteiger partial charge is 0.264 e. The molecular weight excluding hydrogens is 399 g/mol. The average molecular weight is 453 g/mol. The van der Waals surface area contributed by atoms with Crippen LogP contribution in [0, 0.1) is 0 Å². The van der Waals surface area contributed by atoms with Gasteiger partial charge in [-0.05, 0) is 12.8 Å². The summed E-state index contributed by atoms with van der Waals surface area (Å²) in [5.74, 6) is -0.157. The van der Waals surface area contributed by atoms with Crippen molar-refractivity contribution >= 4 is 10.1 Å². The number of hydrogen-bond acceptors (Lipinski definition) is 2. The summed E-state index contributed by atoms with van der Waals surface area (Å²) >= 11 is 0. The van der Waals surface area contributed by atoms with Gasteiger partial charge < -0.3 is 0 Å². The molecule has 0 aromatic rings. The van der Waals surface area contributed by atoms with Crippen molar-refractivity contribution in [2.75, 3.05) is 12.4 Å². The van der Waals surface area contributed by atoms with Crippen LogP contribution < -0.4 is 0 Å². The maximum atomic E-state index is 11.6. The number of rotatable bonds is 22. The molecule has 0 aromatic heterocycles. The van der Waals surface area contributed by atoms with Gasteiger partial charge in [0.1, 0.15) is 0 Å². The van der Waals surface area contributed by atoms with Gasteiger partial charge in [0, 0.05) is 0 Å². The summed E-state index contributed by atoms with van der Waals surface area (Å²) in [5.41, 5.74) is 0. The van der Waals surface area contributed by atoms with E-state index in [2.05, 4.69) is 13.8 Å². The molecule has 3 nitrogen and oxygen atoms in total. The van der Waals surface area contributed by atoms with Gasteiger partial charge in [0.05, 0.1) is 12.4 Å². The van der Waals surface area contributed by atoms with Crippen molar-refractivity contribution in [1.29, 1.82) is 0 Å². The minimum atomic E-state index is -3.78. The Morgan fingerprint density at radius 2 is 0.767 bits per heavy atom. The van der Waals surface area contributed by atoms with E-state index in [9.17, 15) is 12.8 Å². The Kier molecular flexibility index (Phi) is 28.7. The molecule has 1 N–H and O–H groups in total. The second-order valence-corrected chi connectivity index (χ2v) is 10.3. The zero-order valence-corrected chi connectivity index (χ0v) is 21.1. The van der Waals surface area contributed by atoms with E-state index in [4.69, 9.17) is 4.55 Å². The molecule has 30 heavy (non-hydrogen) atoms. The molecule has 0 aliphatic heterocycles. The fraction of sp³-hybridized carbons (Fsp3) is 1.00. The first-order valence-corrected chi connectivity index (χ1v) is 14.6. The second kappa shape index (κ2) is 26.9. The van der Waals surface area contributed by atoms with E-state index in [0.717, 1.165) is 25.7 Å². The number of alkyl halides is 1. The Balaban J connectivity index is 0. The van der Waals surface area contributed by atoms with E-state index in [-0.39, 0.29) is 12.4 Å². The summed E-state index contributed by atoms with van der Waals surface area (Å²) in [4.78, 5) is 0. The molecule has 0 saturated carbocycles. The lowest BCUT2D eigenvalue weighted by molar-refractivity contribution is 0.450. The lowest BCUT2D eigenvalue weighted by Crippen LogP contribution is -2.03. The highest BCUT2D eigenvalue weighted by molar-refractivity contribution is 7.85. The quantitative estimate of drug-likeness (QED) is 0.132. The van der Waals surface area contributed by atoms with Crippen molar-refractivity contribution in [3.63, 3.8) is 0 Å². The van der Waals surface area contributed by atoms with Crippen LogP contribution in [0.3, 0.4) is 0 Å². The van der Waals surface area contributed by atoms with Crippen LogP contribution in [-0.2, 0) is 10.1 Å². The summed E-state index contributed by atoms with van der Waals surface area (Å²) in [5, 5.41) is 0. The molecule has 0 atom stereocenters. The maximum Gasteiger partial charge on any atom is 0.264 e. The summed E-state index contributed by atoms with van der Waals surface area (Å²) in [6, 6.07) is 0. The third-order valence-electron chi connectivity index (χ3n) is 5.49. The lowest BCUT2D eigenvalue weighted by atomic mass is 10.0. The molecule has 0 aromatic carbocycles. The highest BCUT2D eigenvalue weighted by Crippen LogP contribution is 2.13. The van der Waals surface area contributed by atoms with Gasteiger partial charge in [-0.25, -0.2) is 0 Å². The minimum absolute atomic E-state index is 0.157. The van der Waals surface area contributed by atoms with Crippen molar-refractivity contribution in [3.8, 4) is 0 Å². The third-order valence-corrected chi connectivity index (χ3v) is 6.30. The summed E-state index contributed by atoms with van der Waals surface area (Å²) < 4.78 is 40.5. The molecular formula is C25H53FO3S. The van der Waals surface area contributed by atoms with Crippen LogP contribution in [0.15, 0.2) is 0 Å². The van der Waals surface area contributed by atoms with Gasteiger partial charge in [0.25, 0.3) is 10.1 Å². The largest absolute Gasteiger partial charge is 0.286 e. The van der Waals surface area contributed by atoms with E-state index >= 15 is 0 Å². The van der Waals surface area contributed by atoms with Crippen LogP contribution in [0.1, 0.15) is 149 Å². The van der Waals surface area contributed by atoms with E-state index < -0.39 is 10.1 Å². The van der Waals surface area contributed by atoms with Crippen LogP contribution in [0.25, 0.3) is 0 Å². The van der Waals surface area contributed by atoms with Crippen LogP contribution >= 0.6 is 0 Å². The highest BCUT2D eigenvalue weighted by atomic mass is 32.2. The van der Waals surface area contributed by atoms with E-state index in [1.165, 1.54) is 96.3 Å². The SMILES string of the molecule is CCCCCCCCCCCCCCCCC.O=S(=O)(O)CCCCCCCCF. The predicted molar refractivity (Wildman–Crippen MR) is 131 cm³/mol. The monoisotopic (exact) mass is 452 g/mol. The van der Waals surface area contributed by atoms with Gasteiger partial charge in [-0.15, -0.1) is 0 Å². The summed E-state index contributed by atoms with van der Waals surface area (Å²) in [6.45, 7) is 4.31. The van der Waals surface area contributed by atoms with Crippen LogP contribution in [0.5, 0.6) is 0 Å². The first-order valence-electron chi connectivity index (χ1n) is 13.0. The van der Waals surface area contributed by atoms with Crippen molar-refractivity contribution in [2.24, 2.45) is 0 Å². The number of unbranched alkanes of at least 4 members (excludes halogenated alkanes) is 19. The zero-order valence-electron chi connectivity index (χ0n) is 20.3. The third kappa shape index (κ3) is 35.3. The van der Waals surface area contributed by atoms with Crippen LogP contribution in [0.4, 0.5) is 4.39 Å². The van der Waals surface area contributed by atoms with Crippen molar-refractivity contribution in [1.82, 2.24) is 0 Å². The normalized spacial score (nSPS) is 11.3. The molecule has 184 valence electrons. The van der Waals surface area contributed by atoms with Gasteiger partial charge in [-0.1, -0.05) is 136 Å². The molecule has 5 heteroatoms. The molecule has 0 fully saturated rings. The molecule has 0 amide bonds. The molecule has 0 bridgehead atoms. The van der Waals surface area contributed by atoms with Gasteiger partial charge in [-0.2, -0.15) is 8.42 Å². The Hall–Kier alpha value is -0.160. The van der Waals surface area contributed by atoms with Crippen LogP contribution in [-0.4, -0.2) is 25.4 Å². The fourth-order valence-corrected chi connectivity index (χ4v) is 4.10. The highest BCUT2D eigenvalue weighted by Gasteiger charge is 2.02. The zero-order chi connectivity index (χ0) is 22.8. The maximum absolute atomic E-state index is 11.6. The van der Waals surface area contributed by atoms with Gasteiger partial charge >= 0.3 is 0 Å². The Bertz CT molecular complexity index is 385. The topological polar surface area (TPSA) is 54.4 Å². The predicted octanol–water partition coefficient (Wildman–Crippen LogP) is 9.06.